The van der Waals surface area contributed by atoms with Gasteiger partial charge in [0, 0.05) is 36.2 Å². The quantitative estimate of drug-likeness (QED) is 0.608. The van der Waals surface area contributed by atoms with E-state index in [4.69, 9.17) is 5.26 Å². The molecular weight excluding hydrogens is 232 g/mol. The predicted molar refractivity (Wildman–Crippen MR) is 69.1 cm³/mol. The zero-order valence-electron chi connectivity index (χ0n) is 9.77. The lowest BCUT2D eigenvalue weighted by Crippen LogP contribution is -2.25. The highest BCUT2D eigenvalue weighted by Crippen LogP contribution is 2.32. The van der Waals surface area contributed by atoms with Gasteiger partial charge in [0.25, 0.3) is 0 Å². The van der Waals surface area contributed by atoms with Gasteiger partial charge in [-0.05, 0) is 30.2 Å². The van der Waals surface area contributed by atoms with E-state index in [2.05, 4.69) is 12.1 Å². The molecule has 1 aliphatic rings. The molecule has 0 radical (unpaired) electrons. The van der Waals surface area contributed by atoms with Crippen LogP contribution < -0.4 is 4.90 Å². The van der Waals surface area contributed by atoms with Gasteiger partial charge in [-0.25, -0.2) is 0 Å². The molecule has 0 aromatic heterocycles. The molecule has 88 valence electrons. The highest BCUT2D eigenvalue weighted by atomic mass is 32.2. The molecule has 0 atom stereocenters. The van der Waals surface area contributed by atoms with Crippen molar-refractivity contribution < 1.29 is 4.79 Å². The van der Waals surface area contributed by atoms with Gasteiger partial charge in [-0.1, -0.05) is 0 Å². The SMILES string of the molecule is CC(=O)N1CCc2cc(SCCC#N)ccc21. The molecule has 1 aromatic rings. The zero-order valence-corrected chi connectivity index (χ0v) is 10.6. The molecule has 0 spiro atoms. The second-order valence-corrected chi connectivity index (χ2v) is 5.14. The third-order valence-electron chi connectivity index (χ3n) is 2.81. The van der Waals surface area contributed by atoms with Gasteiger partial charge in [-0.3, -0.25) is 4.79 Å². The van der Waals surface area contributed by atoms with Crippen molar-refractivity contribution in [3.63, 3.8) is 0 Å². The third kappa shape index (κ3) is 2.62. The van der Waals surface area contributed by atoms with Crippen LogP contribution in [-0.4, -0.2) is 18.2 Å². The topological polar surface area (TPSA) is 44.1 Å². The molecule has 1 heterocycles. The summed E-state index contributed by atoms with van der Waals surface area (Å²) in [5.74, 6) is 0.930. The Kier molecular flexibility index (Phi) is 3.70. The molecule has 1 amide bonds. The van der Waals surface area contributed by atoms with Gasteiger partial charge in [0.15, 0.2) is 0 Å². The fraction of sp³-hybridized carbons (Fsp3) is 0.385. The largest absolute Gasteiger partial charge is 0.312 e. The summed E-state index contributed by atoms with van der Waals surface area (Å²) in [6, 6.07) is 8.32. The fourth-order valence-electron chi connectivity index (χ4n) is 2.01. The first-order valence-electron chi connectivity index (χ1n) is 5.63. The Labute approximate surface area is 105 Å². The number of hydrogen-bond donors (Lipinski definition) is 0. The molecule has 0 saturated heterocycles. The Morgan fingerprint density at radius 1 is 1.59 bits per heavy atom. The van der Waals surface area contributed by atoms with Gasteiger partial charge in [0.1, 0.15) is 0 Å². The lowest BCUT2D eigenvalue weighted by atomic mass is 10.2. The van der Waals surface area contributed by atoms with Crippen molar-refractivity contribution in [1.82, 2.24) is 0 Å². The zero-order chi connectivity index (χ0) is 12.3. The van der Waals surface area contributed by atoms with Crippen molar-refractivity contribution in [3.8, 4) is 6.07 Å². The minimum Gasteiger partial charge on any atom is -0.312 e. The first-order valence-corrected chi connectivity index (χ1v) is 6.61. The predicted octanol–water partition coefficient (Wildman–Crippen LogP) is 2.60. The molecule has 1 aliphatic heterocycles. The average Bonchev–Trinajstić information content (AvgIpc) is 2.72. The molecule has 4 heteroatoms. The monoisotopic (exact) mass is 246 g/mol. The summed E-state index contributed by atoms with van der Waals surface area (Å²) in [6.45, 7) is 2.39. The number of amides is 1. The second kappa shape index (κ2) is 5.24. The van der Waals surface area contributed by atoms with E-state index in [1.54, 1.807) is 18.7 Å². The van der Waals surface area contributed by atoms with E-state index in [9.17, 15) is 4.79 Å². The molecule has 0 unspecified atom stereocenters. The lowest BCUT2D eigenvalue weighted by molar-refractivity contribution is -0.116. The summed E-state index contributed by atoms with van der Waals surface area (Å²) >= 11 is 1.69. The van der Waals surface area contributed by atoms with Crippen LogP contribution in [0, 0.1) is 11.3 Å². The Morgan fingerprint density at radius 2 is 2.41 bits per heavy atom. The van der Waals surface area contributed by atoms with E-state index in [-0.39, 0.29) is 5.91 Å². The van der Waals surface area contributed by atoms with E-state index < -0.39 is 0 Å². The highest BCUT2D eigenvalue weighted by molar-refractivity contribution is 7.99. The maximum Gasteiger partial charge on any atom is 0.223 e. The van der Waals surface area contributed by atoms with E-state index in [0.717, 1.165) is 24.4 Å². The average molecular weight is 246 g/mol. The Morgan fingerprint density at radius 3 is 3.12 bits per heavy atom. The Hall–Kier alpha value is -1.47. The molecule has 0 aliphatic carbocycles. The summed E-state index contributed by atoms with van der Waals surface area (Å²) in [7, 11) is 0. The van der Waals surface area contributed by atoms with Crippen LogP contribution in [0.1, 0.15) is 18.9 Å². The molecule has 0 N–H and O–H groups in total. The van der Waals surface area contributed by atoms with Crippen molar-refractivity contribution in [2.75, 3.05) is 17.2 Å². The van der Waals surface area contributed by atoms with Gasteiger partial charge in [0.05, 0.1) is 6.07 Å². The van der Waals surface area contributed by atoms with E-state index in [0.29, 0.717) is 6.42 Å². The summed E-state index contributed by atoms with van der Waals surface area (Å²) < 4.78 is 0. The fourth-order valence-corrected chi connectivity index (χ4v) is 2.83. The Balaban J connectivity index is 2.12. The molecule has 0 saturated carbocycles. The number of thioether (sulfide) groups is 1. The number of nitriles is 1. The summed E-state index contributed by atoms with van der Waals surface area (Å²) in [5, 5.41) is 8.49. The number of benzene rings is 1. The van der Waals surface area contributed by atoms with Crippen molar-refractivity contribution in [2.45, 2.75) is 24.7 Å². The van der Waals surface area contributed by atoms with Crippen LogP contribution in [0.5, 0.6) is 0 Å². The van der Waals surface area contributed by atoms with Crippen LogP contribution in [0.15, 0.2) is 23.1 Å². The van der Waals surface area contributed by atoms with Crippen molar-refractivity contribution in [2.24, 2.45) is 0 Å². The number of nitrogens with zero attached hydrogens (tertiary/aromatic N) is 2. The first-order chi connectivity index (χ1) is 8.22. The van der Waals surface area contributed by atoms with Crippen LogP contribution >= 0.6 is 11.8 Å². The smallest absolute Gasteiger partial charge is 0.223 e. The minimum absolute atomic E-state index is 0.105. The van der Waals surface area contributed by atoms with Crippen molar-refractivity contribution in [1.29, 1.82) is 5.26 Å². The summed E-state index contributed by atoms with van der Waals surface area (Å²) in [4.78, 5) is 14.4. The normalized spacial score (nSPS) is 13.3. The maximum absolute atomic E-state index is 11.4. The van der Waals surface area contributed by atoms with Gasteiger partial charge >= 0.3 is 0 Å². The van der Waals surface area contributed by atoms with Crippen LogP contribution in [0.2, 0.25) is 0 Å². The molecular formula is C13H14N2OS. The standard InChI is InChI=1S/C13H14N2OS/c1-10(16)15-7-5-11-9-12(3-4-13(11)15)17-8-2-6-14/h3-4,9H,2,5,7-8H2,1H3. The second-order valence-electron chi connectivity index (χ2n) is 3.97. The number of fused-ring (bicyclic) bond motifs is 1. The number of carbonyl (C=O) groups is 1. The minimum atomic E-state index is 0.105. The number of anilines is 1. The van der Waals surface area contributed by atoms with E-state index in [1.165, 1.54) is 10.5 Å². The Bertz CT molecular complexity index is 479. The molecule has 3 nitrogen and oxygen atoms in total. The third-order valence-corrected chi connectivity index (χ3v) is 3.80. The molecule has 1 aromatic carbocycles. The maximum atomic E-state index is 11.4. The molecule has 2 rings (SSSR count). The lowest BCUT2D eigenvalue weighted by Gasteiger charge is -2.14. The number of rotatable bonds is 3. The van der Waals surface area contributed by atoms with E-state index in [1.807, 2.05) is 17.0 Å². The summed E-state index contributed by atoms with van der Waals surface area (Å²) in [5.41, 5.74) is 2.28. The molecule has 0 bridgehead atoms. The first kappa shape index (κ1) is 12.0. The van der Waals surface area contributed by atoms with Crippen molar-refractivity contribution in [3.05, 3.63) is 23.8 Å². The number of hydrogen-bond acceptors (Lipinski definition) is 3. The van der Waals surface area contributed by atoms with Gasteiger partial charge in [-0.15, -0.1) is 11.8 Å². The van der Waals surface area contributed by atoms with Crippen LogP contribution in [0.3, 0.4) is 0 Å². The van der Waals surface area contributed by atoms with E-state index >= 15 is 0 Å². The van der Waals surface area contributed by atoms with Gasteiger partial charge in [-0.2, -0.15) is 5.26 Å². The van der Waals surface area contributed by atoms with Crippen LogP contribution in [0.4, 0.5) is 5.69 Å². The highest BCUT2D eigenvalue weighted by Gasteiger charge is 2.21. The van der Waals surface area contributed by atoms with Crippen LogP contribution in [0.25, 0.3) is 0 Å². The van der Waals surface area contributed by atoms with Crippen LogP contribution in [-0.2, 0) is 11.2 Å². The molecule has 17 heavy (non-hydrogen) atoms. The van der Waals surface area contributed by atoms with Crippen molar-refractivity contribution >= 4 is 23.4 Å². The molecule has 0 fully saturated rings. The van der Waals surface area contributed by atoms with Gasteiger partial charge < -0.3 is 4.90 Å². The number of carbonyl (C=O) groups excluding carboxylic acids is 1. The summed E-state index contributed by atoms with van der Waals surface area (Å²) in [6.07, 6.45) is 1.50. The van der Waals surface area contributed by atoms with Gasteiger partial charge in [0.2, 0.25) is 5.91 Å².